The van der Waals surface area contributed by atoms with Crippen LogP contribution in [0.25, 0.3) is 0 Å². The Kier molecular flexibility index (Phi) is 3.99. The van der Waals surface area contributed by atoms with Crippen molar-refractivity contribution in [2.24, 2.45) is 0 Å². The number of alkyl halides is 1. The van der Waals surface area contributed by atoms with Crippen LogP contribution in [0, 0.1) is 5.82 Å². The molecule has 88 valence electrons. The zero-order valence-electron chi connectivity index (χ0n) is 9.20. The highest BCUT2D eigenvalue weighted by molar-refractivity contribution is 6.17. The number of halogens is 2. The van der Waals surface area contributed by atoms with Crippen LogP contribution < -0.4 is 4.90 Å². The molecule has 16 heavy (non-hydrogen) atoms. The van der Waals surface area contributed by atoms with Gasteiger partial charge in [0.1, 0.15) is 11.6 Å². The highest BCUT2D eigenvalue weighted by Crippen LogP contribution is 2.26. The Morgan fingerprint density at radius 3 is 3.06 bits per heavy atom. The molecule has 1 aromatic rings. The highest BCUT2D eigenvalue weighted by atomic mass is 35.5. The molecule has 4 heteroatoms. The van der Waals surface area contributed by atoms with Crippen LogP contribution in [0.5, 0.6) is 0 Å². The summed E-state index contributed by atoms with van der Waals surface area (Å²) in [7, 11) is 0. The van der Waals surface area contributed by atoms with Gasteiger partial charge in [-0.25, -0.2) is 9.37 Å². The summed E-state index contributed by atoms with van der Waals surface area (Å²) in [5.74, 6) is 1.32. The average Bonchev–Trinajstić information content (AvgIpc) is 2.75. The third kappa shape index (κ3) is 2.64. The van der Waals surface area contributed by atoms with Crippen LogP contribution in [0.4, 0.5) is 10.2 Å². The van der Waals surface area contributed by atoms with E-state index < -0.39 is 0 Å². The molecule has 1 unspecified atom stereocenters. The zero-order chi connectivity index (χ0) is 11.4. The van der Waals surface area contributed by atoms with Crippen LogP contribution in [-0.2, 0) is 0 Å². The van der Waals surface area contributed by atoms with E-state index in [1.807, 2.05) is 0 Å². The molecule has 2 heterocycles. The van der Waals surface area contributed by atoms with E-state index in [0.717, 1.165) is 25.2 Å². The van der Waals surface area contributed by atoms with Crippen molar-refractivity contribution in [3.63, 3.8) is 0 Å². The second kappa shape index (κ2) is 5.48. The lowest BCUT2D eigenvalue weighted by atomic mass is 10.1. The van der Waals surface area contributed by atoms with Gasteiger partial charge in [0.15, 0.2) is 0 Å². The monoisotopic (exact) mass is 242 g/mol. The SMILES string of the molecule is Fc1ccc(N2CCCC2CCCCl)nc1. The van der Waals surface area contributed by atoms with Crippen molar-refractivity contribution in [3.05, 3.63) is 24.1 Å². The van der Waals surface area contributed by atoms with Crippen molar-refractivity contribution >= 4 is 17.4 Å². The predicted molar refractivity (Wildman–Crippen MR) is 64.5 cm³/mol. The molecule has 0 N–H and O–H groups in total. The van der Waals surface area contributed by atoms with Crippen LogP contribution in [0.3, 0.4) is 0 Å². The van der Waals surface area contributed by atoms with Gasteiger partial charge in [-0.05, 0) is 37.8 Å². The zero-order valence-corrected chi connectivity index (χ0v) is 9.96. The molecule has 0 amide bonds. The van der Waals surface area contributed by atoms with Gasteiger partial charge >= 0.3 is 0 Å². The van der Waals surface area contributed by atoms with E-state index in [1.165, 1.54) is 25.1 Å². The summed E-state index contributed by atoms with van der Waals surface area (Å²) in [6, 6.07) is 3.75. The van der Waals surface area contributed by atoms with E-state index >= 15 is 0 Å². The van der Waals surface area contributed by atoms with Crippen molar-refractivity contribution in [3.8, 4) is 0 Å². The number of anilines is 1. The summed E-state index contributed by atoms with van der Waals surface area (Å²) in [5.41, 5.74) is 0. The fourth-order valence-electron chi connectivity index (χ4n) is 2.29. The van der Waals surface area contributed by atoms with Crippen molar-refractivity contribution in [1.29, 1.82) is 0 Å². The molecule has 1 atom stereocenters. The first-order chi connectivity index (χ1) is 7.81. The van der Waals surface area contributed by atoms with Crippen molar-refractivity contribution < 1.29 is 4.39 Å². The molecule has 1 aliphatic rings. The van der Waals surface area contributed by atoms with Crippen molar-refractivity contribution in [2.45, 2.75) is 31.7 Å². The topological polar surface area (TPSA) is 16.1 Å². The van der Waals surface area contributed by atoms with Crippen LogP contribution in [0.15, 0.2) is 18.3 Å². The largest absolute Gasteiger partial charge is 0.354 e. The standard InChI is InChI=1S/C12H16ClFN2/c13-7-1-3-11-4-2-8-16(11)12-6-5-10(14)9-15-12/h5-6,9,11H,1-4,7-8H2. The highest BCUT2D eigenvalue weighted by Gasteiger charge is 2.24. The normalized spacial score (nSPS) is 20.4. The molecule has 0 bridgehead atoms. The van der Waals surface area contributed by atoms with E-state index in [4.69, 9.17) is 11.6 Å². The van der Waals surface area contributed by atoms with E-state index in [0.29, 0.717) is 11.9 Å². The van der Waals surface area contributed by atoms with Gasteiger partial charge in [-0.2, -0.15) is 0 Å². The summed E-state index contributed by atoms with van der Waals surface area (Å²) in [6.07, 6.45) is 5.79. The Balaban J connectivity index is 2.04. The Morgan fingerprint density at radius 2 is 2.38 bits per heavy atom. The molecule has 1 fully saturated rings. The molecule has 1 aromatic heterocycles. The van der Waals surface area contributed by atoms with Crippen LogP contribution >= 0.6 is 11.6 Å². The number of rotatable bonds is 4. The molecular weight excluding hydrogens is 227 g/mol. The third-order valence-corrected chi connectivity index (χ3v) is 3.32. The first-order valence-corrected chi connectivity index (χ1v) is 6.29. The molecule has 0 saturated carbocycles. The summed E-state index contributed by atoms with van der Waals surface area (Å²) in [5, 5.41) is 0. The van der Waals surface area contributed by atoms with E-state index in [1.54, 1.807) is 6.07 Å². The predicted octanol–water partition coefficient (Wildman–Crippen LogP) is 3.21. The Labute approximate surface area is 100 Å². The second-order valence-corrected chi connectivity index (χ2v) is 4.53. The molecule has 0 aromatic carbocycles. The number of nitrogens with zero attached hydrogens (tertiary/aromatic N) is 2. The molecule has 2 nitrogen and oxygen atoms in total. The maximum atomic E-state index is 12.8. The van der Waals surface area contributed by atoms with Gasteiger partial charge < -0.3 is 4.90 Å². The summed E-state index contributed by atoms with van der Waals surface area (Å²) in [6.45, 7) is 1.02. The minimum Gasteiger partial charge on any atom is -0.354 e. The molecule has 1 saturated heterocycles. The summed E-state index contributed by atoms with van der Waals surface area (Å²) >= 11 is 5.71. The first-order valence-electron chi connectivity index (χ1n) is 5.75. The molecule has 0 aliphatic carbocycles. The number of pyridine rings is 1. The summed E-state index contributed by atoms with van der Waals surface area (Å²) in [4.78, 5) is 6.41. The molecule has 1 aliphatic heterocycles. The Hall–Kier alpha value is -0.830. The van der Waals surface area contributed by atoms with Gasteiger partial charge in [-0.3, -0.25) is 0 Å². The van der Waals surface area contributed by atoms with Gasteiger partial charge in [-0.1, -0.05) is 0 Å². The van der Waals surface area contributed by atoms with Crippen LogP contribution in [0.2, 0.25) is 0 Å². The molecule has 0 radical (unpaired) electrons. The Bertz CT molecular complexity index is 328. The van der Waals surface area contributed by atoms with Gasteiger partial charge in [0.2, 0.25) is 0 Å². The third-order valence-electron chi connectivity index (χ3n) is 3.05. The first kappa shape index (κ1) is 11.6. The van der Waals surface area contributed by atoms with E-state index in [9.17, 15) is 4.39 Å². The fraction of sp³-hybridized carbons (Fsp3) is 0.583. The lowest BCUT2D eigenvalue weighted by Gasteiger charge is -2.25. The van der Waals surface area contributed by atoms with E-state index in [-0.39, 0.29) is 5.82 Å². The minimum atomic E-state index is -0.278. The van der Waals surface area contributed by atoms with Gasteiger partial charge in [0.25, 0.3) is 0 Å². The number of hydrogen-bond acceptors (Lipinski definition) is 2. The molecular formula is C12H16ClFN2. The smallest absolute Gasteiger partial charge is 0.141 e. The van der Waals surface area contributed by atoms with Crippen LogP contribution in [-0.4, -0.2) is 23.5 Å². The maximum absolute atomic E-state index is 12.8. The molecule has 0 spiro atoms. The lowest BCUT2D eigenvalue weighted by molar-refractivity contribution is 0.593. The second-order valence-electron chi connectivity index (χ2n) is 4.16. The van der Waals surface area contributed by atoms with Crippen molar-refractivity contribution in [1.82, 2.24) is 4.98 Å². The number of hydrogen-bond donors (Lipinski definition) is 0. The average molecular weight is 243 g/mol. The van der Waals surface area contributed by atoms with Crippen LogP contribution in [0.1, 0.15) is 25.7 Å². The van der Waals surface area contributed by atoms with E-state index in [2.05, 4.69) is 9.88 Å². The van der Waals surface area contributed by atoms with Gasteiger partial charge in [0.05, 0.1) is 6.20 Å². The number of aromatic nitrogens is 1. The van der Waals surface area contributed by atoms with Gasteiger partial charge in [-0.15, -0.1) is 11.6 Å². The lowest BCUT2D eigenvalue weighted by Crippen LogP contribution is -2.29. The van der Waals surface area contributed by atoms with Crippen molar-refractivity contribution in [2.75, 3.05) is 17.3 Å². The maximum Gasteiger partial charge on any atom is 0.141 e. The van der Waals surface area contributed by atoms with Gasteiger partial charge in [0, 0.05) is 18.5 Å². The minimum absolute atomic E-state index is 0.278. The summed E-state index contributed by atoms with van der Waals surface area (Å²) < 4.78 is 12.8. The quantitative estimate of drug-likeness (QED) is 0.754. The Morgan fingerprint density at radius 1 is 1.50 bits per heavy atom. The molecule has 2 rings (SSSR count). The fourth-order valence-corrected chi connectivity index (χ4v) is 2.44.